The predicted octanol–water partition coefficient (Wildman–Crippen LogP) is 1.56. The van der Waals surface area contributed by atoms with Crippen LogP contribution in [0.25, 0.3) is 11.0 Å². The molecule has 1 unspecified atom stereocenters. The van der Waals surface area contributed by atoms with E-state index in [0.717, 1.165) is 36.0 Å². The Morgan fingerprint density at radius 2 is 2.06 bits per heavy atom. The third-order valence-corrected chi connectivity index (χ3v) is 2.94. The number of nitrogens with two attached hydrogens (primary N) is 1. The number of fused-ring (bicyclic) bond motifs is 1. The van der Waals surface area contributed by atoms with Crippen molar-refractivity contribution in [3.05, 3.63) is 36.2 Å². The van der Waals surface area contributed by atoms with Gasteiger partial charge in [-0.25, -0.2) is 0 Å². The lowest BCUT2D eigenvalue weighted by molar-refractivity contribution is 0.189. The second kappa shape index (κ2) is 6.39. The van der Waals surface area contributed by atoms with Crippen LogP contribution in [0.1, 0.15) is 24.4 Å². The van der Waals surface area contributed by atoms with Gasteiger partial charge in [-0.1, -0.05) is 6.07 Å². The quantitative estimate of drug-likeness (QED) is 0.460. The Hall–Kier alpha value is -1.56. The van der Waals surface area contributed by atoms with Crippen molar-refractivity contribution in [1.29, 1.82) is 0 Å². The van der Waals surface area contributed by atoms with E-state index in [9.17, 15) is 0 Å². The average molecular weight is 246 g/mol. The second-order valence-electron chi connectivity index (χ2n) is 4.16. The van der Waals surface area contributed by atoms with Gasteiger partial charge in [0.2, 0.25) is 0 Å². The fourth-order valence-corrected chi connectivity index (χ4v) is 1.98. The third kappa shape index (κ3) is 3.01. The lowest BCUT2D eigenvalue weighted by Gasteiger charge is -2.16. The molecule has 0 saturated heterocycles. The molecule has 0 spiro atoms. The summed E-state index contributed by atoms with van der Waals surface area (Å²) in [5.74, 6) is 5.60. The molecule has 2 rings (SSSR count). The summed E-state index contributed by atoms with van der Waals surface area (Å²) >= 11 is 0. The molecular formula is C13H18N4O. The van der Waals surface area contributed by atoms with Gasteiger partial charge in [-0.15, -0.1) is 0 Å². The molecule has 5 heteroatoms. The number of rotatable bonds is 6. The van der Waals surface area contributed by atoms with Crippen molar-refractivity contribution >= 4 is 11.0 Å². The van der Waals surface area contributed by atoms with Crippen molar-refractivity contribution in [1.82, 2.24) is 15.4 Å². The van der Waals surface area contributed by atoms with Gasteiger partial charge in [0.15, 0.2) is 0 Å². The highest BCUT2D eigenvalue weighted by molar-refractivity contribution is 5.74. The molecule has 0 aliphatic rings. The number of nitrogens with zero attached hydrogens (tertiary/aromatic N) is 2. The molecule has 1 aromatic carbocycles. The van der Waals surface area contributed by atoms with E-state index < -0.39 is 0 Å². The largest absolute Gasteiger partial charge is 0.385 e. The number of benzene rings is 1. The van der Waals surface area contributed by atoms with Gasteiger partial charge in [0, 0.05) is 32.2 Å². The smallest absolute Gasteiger partial charge is 0.0890 e. The predicted molar refractivity (Wildman–Crippen MR) is 70.7 cm³/mol. The highest BCUT2D eigenvalue weighted by Gasteiger charge is 2.10. The van der Waals surface area contributed by atoms with Gasteiger partial charge in [0.05, 0.1) is 11.0 Å². The molecule has 0 amide bonds. The fraction of sp³-hybridized carbons (Fsp3) is 0.385. The average Bonchev–Trinajstić information content (AvgIpc) is 2.43. The van der Waals surface area contributed by atoms with E-state index in [2.05, 4.69) is 15.4 Å². The van der Waals surface area contributed by atoms with Gasteiger partial charge < -0.3 is 4.74 Å². The zero-order chi connectivity index (χ0) is 12.8. The third-order valence-electron chi connectivity index (χ3n) is 2.94. The maximum Gasteiger partial charge on any atom is 0.0890 e. The summed E-state index contributed by atoms with van der Waals surface area (Å²) in [4.78, 5) is 8.55. The van der Waals surface area contributed by atoms with Crippen LogP contribution >= 0.6 is 0 Å². The highest BCUT2D eigenvalue weighted by Crippen LogP contribution is 2.20. The molecule has 18 heavy (non-hydrogen) atoms. The molecule has 2 aromatic rings. The molecule has 1 heterocycles. The first-order valence-corrected chi connectivity index (χ1v) is 6.01. The molecule has 0 bridgehead atoms. The van der Waals surface area contributed by atoms with Gasteiger partial charge in [0.1, 0.15) is 0 Å². The Balaban J connectivity index is 2.17. The van der Waals surface area contributed by atoms with Crippen molar-refractivity contribution in [3.63, 3.8) is 0 Å². The van der Waals surface area contributed by atoms with Crippen LogP contribution in [-0.4, -0.2) is 23.7 Å². The standard InChI is InChI=1S/C13H18N4O/c1-18-8-2-3-11(17-14)10-4-5-12-13(9-10)16-7-6-15-12/h4-7,9,11,17H,2-3,8,14H2,1H3. The van der Waals surface area contributed by atoms with Crippen LogP contribution in [0, 0.1) is 0 Å². The summed E-state index contributed by atoms with van der Waals surface area (Å²) in [7, 11) is 1.70. The Bertz CT molecular complexity index is 503. The number of ether oxygens (including phenoxy) is 1. The lowest BCUT2D eigenvalue weighted by atomic mass is 10.0. The summed E-state index contributed by atoms with van der Waals surface area (Å²) < 4.78 is 5.05. The van der Waals surface area contributed by atoms with E-state index in [1.807, 2.05) is 18.2 Å². The first-order chi connectivity index (χ1) is 8.85. The Labute approximate surface area is 106 Å². The highest BCUT2D eigenvalue weighted by atomic mass is 16.5. The van der Waals surface area contributed by atoms with Crippen LogP contribution in [0.3, 0.4) is 0 Å². The molecular weight excluding hydrogens is 228 g/mol. The summed E-state index contributed by atoms with van der Waals surface area (Å²) in [5.41, 5.74) is 5.75. The number of aromatic nitrogens is 2. The van der Waals surface area contributed by atoms with E-state index in [1.54, 1.807) is 19.5 Å². The minimum atomic E-state index is 0.117. The number of hydrazine groups is 1. The maximum atomic E-state index is 5.60. The van der Waals surface area contributed by atoms with Crippen LogP contribution in [0.4, 0.5) is 0 Å². The van der Waals surface area contributed by atoms with Crippen LogP contribution in [0.5, 0.6) is 0 Å². The molecule has 1 aromatic heterocycles. The second-order valence-corrected chi connectivity index (χ2v) is 4.16. The van der Waals surface area contributed by atoms with Crippen molar-refractivity contribution < 1.29 is 4.74 Å². The van der Waals surface area contributed by atoms with Crippen molar-refractivity contribution in [2.24, 2.45) is 5.84 Å². The molecule has 1 atom stereocenters. The van der Waals surface area contributed by atoms with Gasteiger partial charge in [0.25, 0.3) is 0 Å². The molecule has 0 radical (unpaired) electrons. The Kier molecular flexibility index (Phi) is 4.58. The number of hydrogen-bond donors (Lipinski definition) is 2. The van der Waals surface area contributed by atoms with Crippen LogP contribution in [0.15, 0.2) is 30.6 Å². The first-order valence-electron chi connectivity index (χ1n) is 6.01. The topological polar surface area (TPSA) is 73.1 Å². The van der Waals surface area contributed by atoms with Crippen molar-refractivity contribution in [2.45, 2.75) is 18.9 Å². The fourth-order valence-electron chi connectivity index (χ4n) is 1.98. The van der Waals surface area contributed by atoms with Crippen molar-refractivity contribution in [3.8, 4) is 0 Å². The van der Waals surface area contributed by atoms with Crippen molar-refractivity contribution in [2.75, 3.05) is 13.7 Å². The molecule has 3 N–H and O–H groups in total. The molecule has 5 nitrogen and oxygen atoms in total. The van der Waals surface area contributed by atoms with E-state index in [1.165, 1.54) is 0 Å². The monoisotopic (exact) mass is 246 g/mol. The molecule has 0 fully saturated rings. The molecule has 0 aliphatic carbocycles. The SMILES string of the molecule is COCCCC(NN)c1ccc2nccnc2c1. The van der Waals surface area contributed by atoms with E-state index in [0.29, 0.717) is 0 Å². The molecule has 96 valence electrons. The van der Waals surface area contributed by atoms with E-state index >= 15 is 0 Å². The molecule has 0 saturated carbocycles. The first kappa shape index (κ1) is 12.9. The summed E-state index contributed by atoms with van der Waals surface area (Å²) in [6, 6.07) is 6.15. The zero-order valence-corrected chi connectivity index (χ0v) is 10.5. The Morgan fingerprint density at radius 1 is 1.28 bits per heavy atom. The summed E-state index contributed by atoms with van der Waals surface area (Å²) in [6.07, 6.45) is 5.28. The maximum absolute atomic E-state index is 5.60. The van der Waals surface area contributed by atoms with Gasteiger partial charge in [-0.2, -0.15) is 0 Å². The minimum absolute atomic E-state index is 0.117. The summed E-state index contributed by atoms with van der Waals surface area (Å²) in [5, 5.41) is 0. The number of hydrogen-bond acceptors (Lipinski definition) is 5. The number of nitrogens with one attached hydrogen (secondary N) is 1. The normalized spacial score (nSPS) is 12.8. The Morgan fingerprint density at radius 3 is 2.78 bits per heavy atom. The summed E-state index contributed by atoms with van der Waals surface area (Å²) in [6.45, 7) is 0.742. The van der Waals surface area contributed by atoms with E-state index in [-0.39, 0.29) is 6.04 Å². The van der Waals surface area contributed by atoms with Crippen LogP contribution in [-0.2, 0) is 4.74 Å². The van der Waals surface area contributed by atoms with Crippen LogP contribution < -0.4 is 11.3 Å². The van der Waals surface area contributed by atoms with Gasteiger partial charge in [-0.05, 0) is 30.5 Å². The molecule has 0 aliphatic heterocycles. The lowest BCUT2D eigenvalue weighted by Crippen LogP contribution is -2.28. The van der Waals surface area contributed by atoms with Gasteiger partial charge in [-0.3, -0.25) is 21.2 Å². The zero-order valence-electron chi connectivity index (χ0n) is 10.5. The van der Waals surface area contributed by atoms with E-state index in [4.69, 9.17) is 10.6 Å². The minimum Gasteiger partial charge on any atom is -0.385 e. The van der Waals surface area contributed by atoms with Gasteiger partial charge >= 0.3 is 0 Å². The number of methoxy groups -OCH3 is 1. The van der Waals surface area contributed by atoms with Crippen LogP contribution in [0.2, 0.25) is 0 Å².